The van der Waals surface area contributed by atoms with Gasteiger partial charge in [0.05, 0.1) is 12.3 Å². The van der Waals surface area contributed by atoms with E-state index in [9.17, 15) is 14.0 Å². The van der Waals surface area contributed by atoms with Crippen LogP contribution in [0.3, 0.4) is 0 Å². The molecule has 0 aliphatic heterocycles. The summed E-state index contributed by atoms with van der Waals surface area (Å²) in [6.45, 7) is 2.69. The maximum absolute atomic E-state index is 13.1. The van der Waals surface area contributed by atoms with Crippen LogP contribution in [0.1, 0.15) is 12.5 Å². The molecule has 6 nitrogen and oxygen atoms in total. The maximum Gasteiger partial charge on any atom is 0.344 e. The van der Waals surface area contributed by atoms with Crippen LogP contribution in [0.5, 0.6) is 0 Å². The monoisotopic (exact) mass is 386 g/mol. The number of thioether (sulfide) groups is 1. The summed E-state index contributed by atoms with van der Waals surface area (Å²) in [7, 11) is 0. The van der Waals surface area contributed by atoms with Gasteiger partial charge in [0, 0.05) is 12.2 Å². The molecular formula is C19H19FN4O2S. The highest BCUT2D eigenvalue weighted by Gasteiger charge is 2.17. The summed E-state index contributed by atoms with van der Waals surface area (Å²) in [6.07, 6.45) is 0. The number of aromatic nitrogens is 3. The van der Waals surface area contributed by atoms with Crippen molar-refractivity contribution < 1.29 is 9.18 Å². The fraction of sp³-hybridized carbons (Fsp3) is 0.211. The van der Waals surface area contributed by atoms with Crippen LogP contribution < -0.4 is 10.6 Å². The Balaban J connectivity index is 1.70. The van der Waals surface area contributed by atoms with Crippen LogP contribution in [-0.2, 0) is 11.3 Å². The molecular weight excluding hydrogens is 367 g/mol. The number of amides is 1. The molecule has 140 valence electrons. The molecule has 0 unspecified atom stereocenters. The van der Waals surface area contributed by atoms with Crippen molar-refractivity contribution in [2.24, 2.45) is 0 Å². The Labute approximate surface area is 160 Å². The largest absolute Gasteiger partial charge is 0.344 e. The standard InChI is InChI=1S/C19H19FN4O2S/c1-2-23(16-10-8-15(20)9-11-16)17(25)13-27-19-22-21-18(26)24(19)12-14-6-4-3-5-7-14/h3-11H,2,12-13H2,1H3,(H,21,26). The summed E-state index contributed by atoms with van der Waals surface area (Å²) >= 11 is 1.19. The van der Waals surface area contributed by atoms with Gasteiger partial charge in [0.15, 0.2) is 5.16 Å². The first kappa shape index (κ1) is 18.9. The number of hydrogen-bond acceptors (Lipinski definition) is 4. The van der Waals surface area contributed by atoms with Gasteiger partial charge in [-0.25, -0.2) is 14.3 Å². The lowest BCUT2D eigenvalue weighted by atomic mass is 10.2. The van der Waals surface area contributed by atoms with E-state index in [4.69, 9.17) is 0 Å². The number of nitrogens with zero attached hydrogens (tertiary/aromatic N) is 3. The van der Waals surface area contributed by atoms with Gasteiger partial charge in [0.25, 0.3) is 0 Å². The molecule has 0 saturated carbocycles. The average Bonchev–Trinajstić information content (AvgIpc) is 3.03. The van der Waals surface area contributed by atoms with Crippen molar-refractivity contribution >= 4 is 23.4 Å². The SMILES string of the molecule is CCN(C(=O)CSc1n[nH]c(=O)n1Cc1ccccc1)c1ccc(F)cc1. The third-order valence-corrected chi connectivity index (χ3v) is 4.95. The second-order valence-corrected chi connectivity index (χ2v) is 6.73. The minimum absolute atomic E-state index is 0.115. The Kier molecular flexibility index (Phi) is 6.08. The summed E-state index contributed by atoms with van der Waals surface area (Å²) < 4.78 is 14.6. The number of carbonyl (C=O) groups excluding carboxylic acids is 1. The number of aromatic amines is 1. The molecule has 0 aliphatic carbocycles. The Hall–Kier alpha value is -2.87. The molecule has 0 spiro atoms. The average molecular weight is 386 g/mol. The van der Waals surface area contributed by atoms with E-state index in [2.05, 4.69) is 10.2 Å². The van der Waals surface area contributed by atoms with E-state index in [1.165, 1.54) is 28.5 Å². The van der Waals surface area contributed by atoms with Crippen LogP contribution in [0.4, 0.5) is 10.1 Å². The summed E-state index contributed by atoms with van der Waals surface area (Å²) in [6, 6.07) is 15.3. The van der Waals surface area contributed by atoms with Crippen molar-refractivity contribution in [1.29, 1.82) is 0 Å². The maximum atomic E-state index is 13.1. The van der Waals surface area contributed by atoms with Gasteiger partial charge in [-0.1, -0.05) is 42.1 Å². The number of H-pyrrole nitrogens is 1. The number of rotatable bonds is 7. The number of halogens is 1. The molecule has 2 aromatic carbocycles. The van der Waals surface area contributed by atoms with Crippen molar-refractivity contribution in [3.63, 3.8) is 0 Å². The van der Waals surface area contributed by atoms with Crippen molar-refractivity contribution in [1.82, 2.24) is 14.8 Å². The van der Waals surface area contributed by atoms with E-state index in [0.29, 0.717) is 23.9 Å². The van der Waals surface area contributed by atoms with Crippen molar-refractivity contribution in [2.75, 3.05) is 17.2 Å². The highest BCUT2D eigenvalue weighted by Crippen LogP contribution is 2.19. The quantitative estimate of drug-likeness (QED) is 0.634. The number of carbonyl (C=O) groups is 1. The van der Waals surface area contributed by atoms with Crippen LogP contribution >= 0.6 is 11.8 Å². The van der Waals surface area contributed by atoms with Gasteiger partial charge >= 0.3 is 5.69 Å². The fourth-order valence-corrected chi connectivity index (χ4v) is 3.47. The zero-order chi connectivity index (χ0) is 19.2. The molecule has 1 amide bonds. The highest BCUT2D eigenvalue weighted by atomic mass is 32.2. The van der Waals surface area contributed by atoms with Crippen LogP contribution in [0.25, 0.3) is 0 Å². The van der Waals surface area contributed by atoms with E-state index in [-0.39, 0.29) is 23.2 Å². The number of anilines is 1. The summed E-state index contributed by atoms with van der Waals surface area (Å²) in [5, 5.41) is 6.91. The van der Waals surface area contributed by atoms with Gasteiger partial charge < -0.3 is 4.90 Å². The Morgan fingerprint density at radius 1 is 1.19 bits per heavy atom. The molecule has 27 heavy (non-hydrogen) atoms. The van der Waals surface area contributed by atoms with E-state index in [1.807, 2.05) is 37.3 Å². The third-order valence-electron chi connectivity index (χ3n) is 3.99. The third kappa shape index (κ3) is 4.65. The molecule has 0 fully saturated rings. The van der Waals surface area contributed by atoms with Crippen molar-refractivity contribution in [3.8, 4) is 0 Å². The smallest absolute Gasteiger partial charge is 0.312 e. The van der Waals surface area contributed by atoms with Crippen molar-refractivity contribution in [2.45, 2.75) is 18.6 Å². The summed E-state index contributed by atoms with van der Waals surface area (Å²) in [5.41, 5.74) is 1.28. The molecule has 0 atom stereocenters. The molecule has 1 heterocycles. The van der Waals surface area contributed by atoms with Gasteiger partial charge in [-0.3, -0.25) is 9.36 Å². The summed E-state index contributed by atoms with van der Waals surface area (Å²) in [4.78, 5) is 26.2. The zero-order valence-corrected chi connectivity index (χ0v) is 15.6. The lowest BCUT2D eigenvalue weighted by Gasteiger charge is -2.20. The predicted octanol–water partition coefficient (Wildman–Crippen LogP) is 2.90. The normalized spacial score (nSPS) is 10.7. The molecule has 1 N–H and O–H groups in total. The van der Waals surface area contributed by atoms with Gasteiger partial charge in [0.2, 0.25) is 5.91 Å². The van der Waals surface area contributed by atoms with E-state index < -0.39 is 0 Å². The lowest BCUT2D eigenvalue weighted by molar-refractivity contribution is -0.116. The van der Waals surface area contributed by atoms with Crippen LogP contribution in [0, 0.1) is 5.82 Å². The van der Waals surface area contributed by atoms with E-state index in [0.717, 1.165) is 5.56 Å². The van der Waals surface area contributed by atoms with E-state index in [1.54, 1.807) is 17.0 Å². The first-order valence-electron chi connectivity index (χ1n) is 8.46. The molecule has 3 aromatic rings. The Morgan fingerprint density at radius 2 is 1.89 bits per heavy atom. The van der Waals surface area contributed by atoms with Crippen molar-refractivity contribution in [3.05, 3.63) is 76.5 Å². The number of hydrogen-bond donors (Lipinski definition) is 1. The van der Waals surface area contributed by atoms with Crippen LogP contribution in [-0.4, -0.2) is 33.0 Å². The highest BCUT2D eigenvalue weighted by molar-refractivity contribution is 7.99. The first-order chi connectivity index (χ1) is 13.1. The molecule has 0 bridgehead atoms. The molecule has 0 aliphatic rings. The predicted molar refractivity (Wildman–Crippen MR) is 104 cm³/mol. The Bertz CT molecular complexity index is 954. The van der Waals surface area contributed by atoms with Gasteiger partial charge in [-0.15, -0.1) is 5.10 Å². The minimum atomic E-state index is -0.349. The molecule has 8 heteroatoms. The lowest BCUT2D eigenvalue weighted by Crippen LogP contribution is -2.32. The second-order valence-electron chi connectivity index (χ2n) is 5.79. The van der Waals surface area contributed by atoms with Gasteiger partial charge in [-0.05, 0) is 36.8 Å². The minimum Gasteiger partial charge on any atom is -0.312 e. The fourth-order valence-electron chi connectivity index (χ4n) is 2.65. The summed E-state index contributed by atoms with van der Waals surface area (Å²) in [5.74, 6) is -0.376. The molecule has 0 radical (unpaired) electrons. The second kappa shape index (κ2) is 8.68. The topological polar surface area (TPSA) is 71.0 Å². The first-order valence-corrected chi connectivity index (χ1v) is 9.45. The Morgan fingerprint density at radius 3 is 2.56 bits per heavy atom. The number of nitrogens with one attached hydrogen (secondary N) is 1. The van der Waals surface area contributed by atoms with Crippen LogP contribution in [0.15, 0.2) is 64.5 Å². The van der Waals surface area contributed by atoms with Gasteiger partial charge in [0.1, 0.15) is 5.82 Å². The van der Waals surface area contributed by atoms with Gasteiger partial charge in [-0.2, -0.15) is 0 Å². The molecule has 1 aromatic heterocycles. The van der Waals surface area contributed by atoms with Crippen LogP contribution in [0.2, 0.25) is 0 Å². The molecule has 3 rings (SSSR count). The zero-order valence-electron chi connectivity index (χ0n) is 14.8. The number of benzene rings is 2. The molecule has 0 saturated heterocycles. The van der Waals surface area contributed by atoms with E-state index >= 15 is 0 Å².